The Hall–Kier alpha value is -0.870. The van der Waals surface area contributed by atoms with E-state index < -0.39 is 0 Å². The molecule has 1 saturated heterocycles. The van der Waals surface area contributed by atoms with Crippen molar-refractivity contribution in [2.24, 2.45) is 0 Å². The SMILES string of the molecule is Fc1cc(Cl)cnc1NC1CCNC2(CCC2)C1. The van der Waals surface area contributed by atoms with E-state index in [2.05, 4.69) is 15.6 Å². The Morgan fingerprint density at radius 2 is 2.33 bits per heavy atom. The van der Waals surface area contributed by atoms with Gasteiger partial charge in [0, 0.05) is 17.8 Å². The van der Waals surface area contributed by atoms with Crippen molar-refractivity contribution in [3.63, 3.8) is 0 Å². The van der Waals surface area contributed by atoms with E-state index >= 15 is 0 Å². The van der Waals surface area contributed by atoms with Gasteiger partial charge in [-0.3, -0.25) is 0 Å². The van der Waals surface area contributed by atoms with Crippen molar-refractivity contribution < 1.29 is 4.39 Å². The smallest absolute Gasteiger partial charge is 0.166 e. The molecule has 2 N–H and O–H groups in total. The molecule has 5 heteroatoms. The first-order valence-electron chi connectivity index (χ1n) is 6.50. The fourth-order valence-corrected chi connectivity index (χ4v) is 3.12. The molecular formula is C13H17ClFN3. The van der Waals surface area contributed by atoms with Crippen LogP contribution in [0.15, 0.2) is 12.3 Å². The van der Waals surface area contributed by atoms with Crippen molar-refractivity contribution in [1.29, 1.82) is 0 Å². The first-order valence-corrected chi connectivity index (χ1v) is 6.87. The molecule has 2 aliphatic rings. The van der Waals surface area contributed by atoms with E-state index in [4.69, 9.17) is 11.6 Å². The van der Waals surface area contributed by atoms with Crippen LogP contribution in [-0.4, -0.2) is 23.1 Å². The topological polar surface area (TPSA) is 37.0 Å². The van der Waals surface area contributed by atoms with E-state index in [0.717, 1.165) is 19.4 Å². The second-order valence-corrected chi connectivity index (χ2v) is 5.82. The number of nitrogens with zero attached hydrogens (tertiary/aromatic N) is 1. The zero-order chi connectivity index (χ0) is 12.6. The lowest BCUT2D eigenvalue weighted by molar-refractivity contribution is 0.135. The minimum Gasteiger partial charge on any atom is -0.365 e. The van der Waals surface area contributed by atoms with Gasteiger partial charge >= 0.3 is 0 Å². The molecule has 1 saturated carbocycles. The number of anilines is 1. The molecule has 1 unspecified atom stereocenters. The van der Waals surface area contributed by atoms with Gasteiger partial charge in [-0.25, -0.2) is 9.37 Å². The predicted octanol–water partition coefficient (Wildman–Crippen LogP) is 2.96. The van der Waals surface area contributed by atoms with Gasteiger partial charge in [0.05, 0.1) is 5.02 Å². The van der Waals surface area contributed by atoms with Crippen molar-refractivity contribution in [3.05, 3.63) is 23.1 Å². The van der Waals surface area contributed by atoms with E-state index in [1.54, 1.807) is 0 Å². The van der Waals surface area contributed by atoms with Crippen LogP contribution in [0, 0.1) is 5.82 Å². The first-order chi connectivity index (χ1) is 8.67. The van der Waals surface area contributed by atoms with Gasteiger partial charge in [0.2, 0.25) is 0 Å². The van der Waals surface area contributed by atoms with Gasteiger partial charge in [0.1, 0.15) is 0 Å². The normalized spacial score (nSPS) is 25.8. The number of nitrogens with one attached hydrogen (secondary N) is 2. The average molecular weight is 270 g/mol. The number of rotatable bonds is 2. The summed E-state index contributed by atoms with van der Waals surface area (Å²) in [5, 5.41) is 7.14. The van der Waals surface area contributed by atoms with Crippen LogP contribution in [0.25, 0.3) is 0 Å². The summed E-state index contributed by atoms with van der Waals surface area (Å²) in [6.45, 7) is 0.993. The fourth-order valence-electron chi connectivity index (χ4n) is 2.98. The summed E-state index contributed by atoms with van der Waals surface area (Å²) < 4.78 is 13.7. The molecule has 0 amide bonds. The third kappa shape index (κ3) is 2.31. The molecule has 1 aromatic heterocycles. The van der Waals surface area contributed by atoms with Gasteiger partial charge in [-0.05, 0) is 44.7 Å². The molecule has 3 nitrogen and oxygen atoms in total. The summed E-state index contributed by atoms with van der Waals surface area (Å²) >= 11 is 5.70. The highest BCUT2D eigenvalue weighted by Crippen LogP contribution is 2.39. The van der Waals surface area contributed by atoms with Crippen molar-refractivity contribution in [2.45, 2.75) is 43.7 Å². The molecule has 0 bridgehead atoms. The summed E-state index contributed by atoms with van der Waals surface area (Å²) in [5.74, 6) is -0.0514. The van der Waals surface area contributed by atoms with Gasteiger partial charge in [-0.1, -0.05) is 11.6 Å². The molecular weight excluding hydrogens is 253 g/mol. The maximum atomic E-state index is 13.7. The van der Waals surface area contributed by atoms with Crippen LogP contribution in [0.5, 0.6) is 0 Å². The molecule has 0 radical (unpaired) electrons. The van der Waals surface area contributed by atoms with Crippen molar-refractivity contribution in [2.75, 3.05) is 11.9 Å². The van der Waals surface area contributed by atoms with Crippen LogP contribution >= 0.6 is 11.6 Å². The average Bonchev–Trinajstić information content (AvgIpc) is 2.31. The predicted molar refractivity (Wildman–Crippen MR) is 70.4 cm³/mol. The van der Waals surface area contributed by atoms with Crippen molar-refractivity contribution >= 4 is 17.4 Å². The second-order valence-electron chi connectivity index (χ2n) is 5.38. The molecule has 2 fully saturated rings. The molecule has 1 aromatic rings. The van der Waals surface area contributed by atoms with Crippen molar-refractivity contribution in [1.82, 2.24) is 10.3 Å². The Morgan fingerprint density at radius 1 is 1.50 bits per heavy atom. The molecule has 0 aromatic carbocycles. The third-order valence-electron chi connectivity index (χ3n) is 4.09. The van der Waals surface area contributed by atoms with E-state index in [9.17, 15) is 4.39 Å². The molecule has 18 heavy (non-hydrogen) atoms. The highest BCUT2D eigenvalue weighted by atomic mass is 35.5. The molecule has 3 rings (SSSR count). The highest BCUT2D eigenvalue weighted by Gasteiger charge is 2.40. The van der Waals surface area contributed by atoms with Gasteiger partial charge in [-0.2, -0.15) is 0 Å². The molecule has 1 aliphatic carbocycles. The standard InChI is InChI=1S/C13H17ClFN3/c14-9-6-11(15)12(16-8-9)18-10-2-5-17-13(7-10)3-1-4-13/h6,8,10,17H,1-5,7H2,(H,16,18). The van der Waals surface area contributed by atoms with E-state index in [0.29, 0.717) is 22.4 Å². The number of halogens is 2. The number of pyridine rings is 1. The van der Waals surface area contributed by atoms with Crippen molar-refractivity contribution in [3.8, 4) is 0 Å². The Kier molecular flexibility index (Phi) is 3.16. The maximum Gasteiger partial charge on any atom is 0.166 e. The molecule has 1 atom stereocenters. The quantitative estimate of drug-likeness (QED) is 0.867. The third-order valence-corrected chi connectivity index (χ3v) is 4.30. The maximum absolute atomic E-state index is 13.7. The summed E-state index contributed by atoms with van der Waals surface area (Å²) in [5.41, 5.74) is 0.304. The van der Waals surface area contributed by atoms with Crippen LogP contribution in [0.1, 0.15) is 32.1 Å². The second kappa shape index (κ2) is 4.67. The zero-order valence-corrected chi connectivity index (χ0v) is 10.9. The molecule has 2 heterocycles. The lowest BCUT2D eigenvalue weighted by Crippen LogP contribution is -2.58. The summed E-state index contributed by atoms with van der Waals surface area (Å²) in [6.07, 6.45) is 7.31. The number of hydrogen-bond acceptors (Lipinski definition) is 3. The Bertz CT molecular complexity index is 448. The van der Waals surface area contributed by atoms with E-state index in [1.807, 2.05) is 0 Å². The molecule has 98 valence electrons. The largest absolute Gasteiger partial charge is 0.365 e. The lowest BCUT2D eigenvalue weighted by Gasteiger charge is -2.48. The van der Waals surface area contributed by atoms with E-state index in [1.165, 1.54) is 31.5 Å². The number of hydrogen-bond donors (Lipinski definition) is 2. The first kappa shape index (κ1) is 12.2. The van der Waals surface area contributed by atoms with Gasteiger partial charge in [-0.15, -0.1) is 0 Å². The molecule has 1 aliphatic heterocycles. The molecule has 1 spiro atoms. The monoisotopic (exact) mass is 269 g/mol. The zero-order valence-electron chi connectivity index (χ0n) is 10.2. The Balaban J connectivity index is 1.68. The number of piperidine rings is 1. The fraction of sp³-hybridized carbons (Fsp3) is 0.615. The van der Waals surface area contributed by atoms with Gasteiger partial charge < -0.3 is 10.6 Å². The van der Waals surface area contributed by atoms with Gasteiger partial charge in [0.25, 0.3) is 0 Å². The van der Waals surface area contributed by atoms with Crippen LogP contribution in [0.4, 0.5) is 10.2 Å². The number of aromatic nitrogens is 1. The summed E-state index contributed by atoms with van der Waals surface area (Å²) in [7, 11) is 0. The van der Waals surface area contributed by atoms with Crippen LogP contribution in [-0.2, 0) is 0 Å². The van der Waals surface area contributed by atoms with Crippen LogP contribution in [0.2, 0.25) is 5.02 Å². The summed E-state index contributed by atoms with van der Waals surface area (Å²) in [4.78, 5) is 4.03. The minimum atomic E-state index is -0.372. The lowest BCUT2D eigenvalue weighted by atomic mass is 9.70. The van der Waals surface area contributed by atoms with Crippen LogP contribution in [0.3, 0.4) is 0 Å². The van der Waals surface area contributed by atoms with E-state index in [-0.39, 0.29) is 5.82 Å². The minimum absolute atomic E-state index is 0.301. The Morgan fingerprint density at radius 3 is 3.00 bits per heavy atom. The Labute approximate surface area is 111 Å². The summed E-state index contributed by atoms with van der Waals surface area (Å²) in [6, 6.07) is 1.60. The highest BCUT2D eigenvalue weighted by molar-refractivity contribution is 6.30. The van der Waals surface area contributed by atoms with Crippen LogP contribution < -0.4 is 10.6 Å². The van der Waals surface area contributed by atoms with Gasteiger partial charge in [0.15, 0.2) is 11.6 Å².